The van der Waals surface area contributed by atoms with Crippen LogP contribution >= 0.6 is 0 Å². The van der Waals surface area contributed by atoms with Crippen LogP contribution in [0.1, 0.15) is 29.5 Å². The molecule has 1 aliphatic rings. The maximum atomic E-state index is 13.0. The monoisotopic (exact) mass is 358 g/mol. The number of hydrogen-bond donors (Lipinski definition) is 1. The van der Waals surface area contributed by atoms with Gasteiger partial charge in [-0.2, -0.15) is 0 Å². The second-order valence-electron chi connectivity index (χ2n) is 6.50. The quantitative estimate of drug-likeness (QED) is 0.909. The highest BCUT2D eigenvalue weighted by Crippen LogP contribution is 2.32. The van der Waals surface area contributed by atoms with E-state index in [1.54, 1.807) is 43.0 Å². The van der Waals surface area contributed by atoms with E-state index in [1.165, 1.54) is 0 Å². The van der Waals surface area contributed by atoms with Gasteiger partial charge in [0, 0.05) is 13.0 Å². The van der Waals surface area contributed by atoms with Gasteiger partial charge in [-0.1, -0.05) is 29.8 Å². The second-order valence-corrected chi connectivity index (χ2v) is 8.12. The first-order valence-corrected chi connectivity index (χ1v) is 9.78. The van der Waals surface area contributed by atoms with E-state index in [9.17, 15) is 13.2 Å². The van der Waals surface area contributed by atoms with Crippen molar-refractivity contribution in [1.82, 2.24) is 0 Å². The van der Waals surface area contributed by atoms with Crippen LogP contribution in [0.5, 0.6) is 0 Å². The number of nitrogens with one attached hydrogen (secondary N) is 1. The van der Waals surface area contributed by atoms with Crippen LogP contribution in [0.15, 0.2) is 41.3 Å². The fraction of sp³-hybridized carbons (Fsp3) is 0.316. The molecule has 1 amide bonds. The highest BCUT2D eigenvalue weighted by Gasteiger charge is 2.26. The predicted molar refractivity (Wildman–Crippen MR) is 99.5 cm³/mol. The Morgan fingerprint density at radius 2 is 1.68 bits per heavy atom. The van der Waals surface area contributed by atoms with Gasteiger partial charge in [0.25, 0.3) is 10.0 Å². The van der Waals surface area contributed by atoms with Crippen LogP contribution in [0.2, 0.25) is 0 Å². The summed E-state index contributed by atoms with van der Waals surface area (Å²) < 4.78 is 28.7. The zero-order valence-corrected chi connectivity index (χ0v) is 15.5. The van der Waals surface area contributed by atoms with Gasteiger partial charge in [-0.3, -0.25) is 9.52 Å². The Balaban J connectivity index is 2.02. The fourth-order valence-electron chi connectivity index (χ4n) is 3.48. The minimum absolute atomic E-state index is 0.0225. The van der Waals surface area contributed by atoms with E-state index in [4.69, 9.17) is 0 Å². The molecule has 1 fully saturated rings. The van der Waals surface area contributed by atoms with Gasteiger partial charge in [0.15, 0.2) is 0 Å². The average Bonchev–Trinajstić information content (AvgIpc) is 2.92. The summed E-state index contributed by atoms with van der Waals surface area (Å²) in [7, 11) is -3.75. The molecular formula is C19H22N2O3S. The third-order valence-electron chi connectivity index (χ3n) is 4.39. The molecule has 0 bridgehead atoms. The smallest absolute Gasteiger partial charge is 0.262 e. The van der Waals surface area contributed by atoms with Gasteiger partial charge in [-0.05, 0) is 50.5 Å². The van der Waals surface area contributed by atoms with Crippen LogP contribution in [-0.4, -0.2) is 20.9 Å². The summed E-state index contributed by atoms with van der Waals surface area (Å²) in [4.78, 5) is 14.0. The Morgan fingerprint density at radius 3 is 2.28 bits per heavy atom. The number of anilines is 2. The molecule has 1 N–H and O–H groups in total. The van der Waals surface area contributed by atoms with Gasteiger partial charge < -0.3 is 4.90 Å². The largest absolute Gasteiger partial charge is 0.310 e. The number of para-hydroxylation sites is 2. The predicted octanol–water partition coefficient (Wildman–Crippen LogP) is 3.54. The van der Waals surface area contributed by atoms with Crippen molar-refractivity contribution >= 4 is 27.3 Å². The zero-order chi connectivity index (χ0) is 18.2. The highest BCUT2D eigenvalue weighted by molar-refractivity contribution is 7.92. The van der Waals surface area contributed by atoms with E-state index >= 15 is 0 Å². The summed E-state index contributed by atoms with van der Waals surface area (Å²) in [5.74, 6) is 0.0225. The number of benzene rings is 2. The van der Waals surface area contributed by atoms with Gasteiger partial charge in [0.2, 0.25) is 5.91 Å². The van der Waals surface area contributed by atoms with Crippen LogP contribution in [0.25, 0.3) is 0 Å². The number of amides is 1. The molecule has 0 unspecified atom stereocenters. The molecular weight excluding hydrogens is 336 g/mol. The van der Waals surface area contributed by atoms with E-state index in [0.29, 0.717) is 40.4 Å². The van der Waals surface area contributed by atoms with Gasteiger partial charge in [0.05, 0.1) is 16.3 Å². The van der Waals surface area contributed by atoms with Crippen LogP contribution < -0.4 is 9.62 Å². The van der Waals surface area contributed by atoms with Crippen LogP contribution in [0, 0.1) is 20.8 Å². The van der Waals surface area contributed by atoms with E-state index in [-0.39, 0.29) is 5.91 Å². The molecule has 5 nitrogen and oxygen atoms in total. The third-order valence-corrected chi connectivity index (χ3v) is 6.06. The third kappa shape index (κ3) is 3.39. The maximum absolute atomic E-state index is 13.0. The molecule has 0 aliphatic carbocycles. The van der Waals surface area contributed by atoms with Crippen molar-refractivity contribution in [3.63, 3.8) is 0 Å². The molecule has 1 aliphatic heterocycles. The molecule has 0 atom stereocenters. The summed E-state index contributed by atoms with van der Waals surface area (Å²) in [5, 5.41) is 0. The normalized spacial score (nSPS) is 14.8. The first kappa shape index (κ1) is 17.5. The number of nitrogens with zero attached hydrogens (tertiary/aromatic N) is 1. The van der Waals surface area contributed by atoms with Gasteiger partial charge in [0.1, 0.15) is 0 Å². The Labute approximate surface area is 148 Å². The molecule has 3 rings (SSSR count). The Hall–Kier alpha value is -2.34. The molecule has 0 radical (unpaired) electrons. The molecule has 0 spiro atoms. The standard InChI is InChI=1S/C19H22N2O3S/c1-13-11-14(2)19(15(3)12-13)25(23,24)20-16-7-4-5-8-17(16)21-10-6-9-18(21)22/h4-5,7-8,11-12,20H,6,9-10H2,1-3H3. The van der Waals surface area contributed by atoms with Crippen molar-refractivity contribution in [2.45, 2.75) is 38.5 Å². The number of carbonyl (C=O) groups excluding carboxylic acids is 1. The van der Waals surface area contributed by atoms with Crippen molar-refractivity contribution in [3.8, 4) is 0 Å². The molecule has 6 heteroatoms. The summed E-state index contributed by atoms with van der Waals surface area (Å²) in [5.41, 5.74) is 3.48. The summed E-state index contributed by atoms with van der Waals surface area (Å²) in [6.45, 7) is 6.15. The number of sulfonamides is 1. The minimum atomic E-state index is -3.75. The second kappa shape index (κ2) is 6.52. The lowest BCUT2D eigenvalue weighted by Gasteiger charge is -2.21. The number of aryl methyl sites for hydroxylation is 3. The molecule has 0 aromatic heterocycles. The van der Waals surface area contributed by atoms with E-state index < -0.39 is 10.0 Å². The van der Waals surface area contributed by atoms with E-state index in [1.807, 2.05) is 19.1 Å². The molecule has 2 aromatic carbocycles. The molecule has 2 aromatic rings. The molecule has 132 valence electrons. The Morgan fingerprint density at radius 1 is 1.04 bits per heavy atom. The SMILES string of the molecule is Cc1cc(C)c(S(=O)(=O)Nc2ccccc2N2CCCC2=O)c(C)c1. The van der Waals surface area contributed by atoms with Gasteiger partial charge in [-0.15, -0.1) is 0 Å². The number of hydrogen-bond acceptors (Lipinski definition) is 3. The van der Waals surface area contributed by atoms with Crippen LogP contribution in [0.3, 0.4) is 0 Å². The minimum Gasteiger partial charge on any atom is -0.310 e. The van der Waals surface area contributed by atoms with Crippen molar-refractivity contribution in [2.75, 3.05) is 16.2 Å². The zero-order valence-electron chi connectivity index (χ0n) is 14.7. The fourth-order valence-corrected chi connectivity index (χ4v) is 5.01. The first-order chi connectivity index (χ1) is 11.8. The lowest BCUT2D eigenvalue weighted by molar-refractivity contribution is -0.117. The van der Waals surface area contributed by atoms with Crippen molar-refractivity contribution in [1.29, 1.82) is 0 Å². The lowest BCUT2D eigenvalue weighted by Crippen LogP contribution is -2.26. The van der Waals surface area contributed by atoms with Crippen LogP contribution in [-0.2, 0) is 14.8 Å². The number of rotatable bonds is 4. The van der Waals surface area contributed by atoms with Gasteiger partial charge >= 0.3 is 0 Å². The molecule has 1 heterocycles. The van der Waals surface area contributed by atoms with E-state index in [0.717, 1.165) is 12.0 Å². The summed E-state index contributed by atoms with van der Waals surface area (Å²) >= 11 is 0. The van der Waals surface area contributed by atoms with Gasteiger partial charge in [-0.25, -0.2) is 8.42 Å². The first-order valence-electron chi connectivity index (χ1n) is 8.29. The summed E-state index contributed by atoms with van der Waals surface area (Å²) in [6.07, 6.45) is 1.29. The molecule has 25 heavy (non-hydrogen) atoms. The number of carbonyl (C=O) groups is 1. The Bertz CT molecular complexity index is 912. The highest BCUT2D eigenvalue weighted by atomic mass is 32.2. The van der Waals surface area contributed by atoms with Crippen molar-refractivity contribution < 1.29 is 13.2 Å². The van der Waals surface area contributed by atoms with E-state index in [2.05, 4.69) is 4.72 Å². The molecule has 0 saturated carbocycles. The topological polar surface area (TPSA) is 66.5 Å². The lowest BCUT2D eigenvalue weighted by atomic mass is 10.1. The average molecular weight is 358 g/mol. The molecule has 1 saturated heterocycles. The van der Waals surface area contributed by atoms with Crippen molar-refractivity contribution in [2.24, 2.45) is 0 Å². The maximum Gasteiger partial charge on any atom is 0.262 e. The summed E-state index contributed by atoms with van der Waals surface area (Å²) in [6, 6.07) is 10.8. The van der Waals surface area contributed by atoms with Crippen LogP contribution in [0.4, 0.5) is 11.4 Å². The van der Waals surface area contributed by atoms with Crippen molar-refractivity contribution in [3.05, 3.63) is 53.1 Å². The Kier molecular flexibility index (Phi) is 4.56.